The number of imidazole rings is 1. The van der Waals surface area contributed by atoms with Crippen LogP contribution in [0.4, 0.5) is 0 Å². The molecule has 2 aromatic heterocycles. The summed E-state index contributed by atoms with van der Waals surface area (Å²) in [5.74, 6) is 0. The fourth-order valence-electron chi connectivity index (χ4n) is 2.34. The molecule has 21 heavy (non-hydrogen) atoms. The van der Waals surface area contributed by atoms with Gasteiger partial charge in [-0.1, -0.05) is 45.9 Å². The van der Waals surface area contributed by atoms with Crippen LogP contribution < -0.4 is 0 Å². The topological polar surface area (TPSA) is 33.6 Å². The van der Waals surface area contributed by atoms with Gasteiger partial charge in [-0.2, -0.15) is 0 Å². The smallest absolute Gasteiger partial charge is 0.0924 e. The maximum atomic E-state index is 4.10. The van der Waals surface area contributed by atoms with Crippen molar-refractivity contribution in [2.45, 2.75) is 47.6 Å². The quantitative estimate of drug-likeness (QED) is 0.647. The molecular weight excluding hydrogens is 258 g/mol. The lowest BCUT2D eigenvalue weighted by molar-refractivity contribution is 0.628. The largest absolute Gasteiger partial charge is 0.343 e. The Hall–Kier alpha value is -2.03. The van der Waals surface area contributed by atoms with E-state index in [0.717, 1.165) is 5.69 Å². The standard InChI is InChI=1S/C14H15N3.2C2H6/c1-10(2)17-13-6-4-3-5-11(13)7-14(17)12-8-15-9-16-12;2*1-2/h3-10H,1-2H3,(H,15,16);2*1-2H3. The summed E-state index contributed by atoms with van der Waals surface area (Å²) in [5, 5.41) is 1.27. The maximum absolute atomic E-state index is 4.10. The van der Waals surface area contributed by atoms with Gasteiger partial charge in [0.1, 0.15) is 0 Å². The Morgan fingerprint density at radius 2 is 1.71 bits per heavy atom. The monoisotopic (exact) mass is 285 g/mol. The Morgan fingerprint density at radius 1 is 1.05 bits per heavy atom. The number of hydrogen-bond donors (Lipinski definition) is 1. The molecule has 3 rings (SSSR count). The molecule has 0 aliphatic heterocycles. The van der Waals surface area contributed by atoms with Gasteiger partial charge in [-0.25, -0.2) is 4.98 Å². The van der Waals surface area contributed by atoms with Gasteiger partial charge < -0.3 is 9.55 Å². The first-order valence-electron chi connectivity index (χ1n) is 7.86. The normalized spacial score (nSPS) is 9.86. The predicted molar refractivity (Wildman–Crippen MR) is 92.6 cm³/mol. The molecule has 0 bridgehead atoms. The third kappa shape index (κ3) is 3.54. The van der Waals surface area contributed by atoms with Gasteiger partial charge in [-0.15, -0.1) is 0 Å². The van der Waals surface area contributed by atoms with E-state index in [4.69, 9.17) is 0 Å². The molecule has 3 nitrogen and oxygen atoms in total. The van der Waals surface area contributed by atoms with E-state index in [-0.39, 0.29) is 0 Å². The van der Waals surface area contributed by atoms with Crippen molar-refractivity contribution in [3.63, 3.8) is 0 Å². The second-order valence-electron chi connectivity index (χ2n) is 4.52. The van der Waals surface area contributed by atoms with Crippen LogP contribution in [0.3, 0.4) is 0 Å². The van der Waals surface area contributed by atoms with Gasteiger partial charge in [0.15, 0.2) is 0 Å². The van der Waals surface area contributed by atoms with Gasteiger partial charge in [-0.3, -0.25) is 0 Å². The summed E-state index contributed by atoms with van der Waals surface area (Å²) in [6.07, 6.45) is 3.59. The van der Waals surface area contributed by atoms with Crippen LogP contribution in [0.25, 0.3) is 22.3 Å². The van der Waals surface area contributed by atoms with E-state index in [2.05, 4.69) is 58.7 Å². The zero-order valence-corrected chi connectivity index (χ0v) is 14.0. The van der Waals surface area contributed by atoms with Gasteiger partial charge in [0.2, 0.25) is 0 Å². The zero-order valence-electron chi connectivity index (χ0n) is 14.0. The second kappa shape index (κ2) is 8.30. The zero-order chi connectivity index (χ0) is 15.8. The van der Waals surface area contributed by atoms with E-state index in [1.807, 2.05) is 33.9 Å². The first-order chi connectivity index (χ1) is 10.3. The number of aromatic nitrogens is 3. The third-order valence-corrected chi connectivity index (χ3v) is 3.04. The van der Waals surface area contributed by atoms with Gasteiger partial charge in [0.05, 0.1) is 23.9 Å². The summed E-state index contributed by atoms with van der Waals surface area (Å²) in [4.78, 5) is 7.28. The molecule has 3 heteroatoms. The average molecular weight is 285 g/mol. The van der Waals surface area contributed by atoms with Gasteiger partial charge in [0.25, 0.3) is 0 Å². The Labute approximate surface area is 128 Å². The molecular formula is C18H27N3. The van der Waals surface area contributed by atoms with Crippen LogP contribution in [0.5, 0.6) is 0 Å². The molecule has 0 saturated carbocycles. The summed E-state index contributed by atoms with van der Waals surface area (Å²) < 4.78 is 2.34. The van der Waals surface area contributed by atoms with Crippen LogP contribution in [-0.4, -0.2) is 14.5 Å². The molecule has 0 spiro atoms. The maximum Gasteiger partial charge on any atom is 0.0924 e. The number of nitrogens with zero attached hydrogens (tertiary/aromatic N) is 2. The molecule has 3 aromatic rings. The van der Waals surface area contributed by atoms with Gasteiger partial charge in [0, 0.05) is 16.9 Å². The van der Waals surface area contributed by atoms with Crippen molar-refractivity contribution < 1.29 is 0 Å². The molecule has 1 aromatic carbocycles. The summed E-state index contributed by atoms with van der Waals surface area (Å²) in [5.41, 5.74) is 3.53. The van der Waals surface area contributed by atoms with Crippen LogP contribution in [0.2, 0.25) is 0 Å². The highest BCUT2D eigenvalue weighted by atomic mass is 15.0. The molecule has 0 amide bonds. The highest BCUT2D eigenvalue weighted by Gasteiger charge is 2.13. The Morgan fingerprint density at radius 3 is 2.29 bits per heavy atom. The van der Waals surface area contributed by atoms with E-state index in [0.29, 0.717) is 6.04 Å². The molecule has 0 atom stereocenters. The number of aromatic amines is 1. The molecule has 0 fully saturated rings. The fourth-order valence-corrected chi connectivity index (χ4v) is 2.34. The highest BCUT2D eigenvalue weighted by molar-refractivity contribution is 5.86. The Kier molecular flexibility index (Phi) is 6.73. The van der Waals surface area contributed by atoms with Gasteiger partial charge in [-0.05, 0) is 26.0 Å². The second-order valence-corrected chi connectivity index (χ2v) is 4.52. The van der Waals surface area contributed by atoms with Crippen LogP contribution >= 0.6 is 0 Å². The number of H-pyrrole nitrogens is 1. The minimum atomic E-state index is 0.424. The van der Waals surface area contributed by atoms with Crippen molar-refractivity contribution >= 4 is 10.9 Å². The van der Waals surface area contributed by atoms with E-state index in [9.17, 15) is 0 Å². The van der Waals surface area contributed by atoms with Crippen molar-refractivity contribution in [2.75, 3.05) is 0 Å². The number of benzene rings is 1. The van der Waals surface area contributed by atoms with E-state index < -0.39 is 0 Å². The van der Waals surface area contributed by atoms with Crippen LogP contribution in [-0.2, 0) is 0 Å². The molecule has 0 saturated heterocycles. The first-order valence-corrected chi connectivity index (χ1v) is 7.86. The van der Waals surface area contributed by atoms with Crippen molar-refractivity contribution in [1.82, 2.24) is 14.5 Å². The first kappa shape index (κ1) is 17.0. The van der Waals surface area contributed by atoms with Crippen molar-refractivity contribution in [3.8, 4) is 11.4 Å². The summed E-state index contributed by atoms with van der Waals surface area (Å²) in [6, 6.07) is 11.1. The Bertz CT molecular complexity index is 634. The number of para-hydroxylation sites is 1. The van der Waals surface area contributed by atoms with E-state index >= 15 is 0 Å². The fraction of sp³-hybridized carbons (Fsp3) is 0.389. The molecule has 0 aliphatic rings. The molecule has 0 unspecified atom stereocenters. The van der Waals surface area contributed by atoms with Crippen molar-refractivity contribution in [2.24, 2.45) is 0 Å². The number of nitrogens with one attached hydrogen (secondary N) is 1. The van der Waals surface area contributed by atoms with Crippen LogP contribution in [0.15, 0.2) is 42.9 Å². The minimum Gasteiger partial charge on any atom is -0.343 e. The molecule has 0 radical (unpaired) electrons. The van der Waals surface area contributed by atoms with E-state index in [1.54, 1.807) is 6.33 Å². The summed E-state index contributed by atoms with van der Waals surface area (Å²) in [7, 11) is 0. The third-order valence-electron chi connectivity index (χ3n) is 3.04. The Balaban J connectivity index is 0.000000510. The minimum absolute atomic E-state index is 0.424. The number of hydrogen-bond acceptors (Lipinski definition) is 1. The highest BCUT2D eigenvalue weighted by Crippen LogP contribution is 2.29. The lowest BCUT2D eigenvalue weighted by Gasteiger charge is -2.13. The SMILES string of the molecule is CC.CC.CC(C)n1c(-c2cnc[nH]2)cc2ccccc21. The predicted octanol–water partition coefficient (Wildman–Crippen LogP) is 5.66. The van der Waals surface area contributed by atoms with Crippen molar-refractivity contribution in [1.29, 1.82) is 0 Å². The van der Waals surface area contributed by atoms with Crippen LogP contribution in [0.1, 0.15) is 47.6 Å². The summed E-state index contributed by atoms with van der Waals surface area (Å²) >= 11 is 0. The van der Waals surface area contributed by atoms with Crippen LogP contribution in [0, 0.1) is 0 Å². The lowest BCUT2D eigenvalue weighted by atomic mass is 10.2. The lowest BCUT2D eigenvalue weighted by Crippen LogP contribution is -2.02. The summed E-state index contributed by atoms with van der Waals surface area (Å²) in [6.45, 7) is 12.4. The number of rotatable bonds is 2. The van der Waals surface area contributed by atoms with Crippen molar-refractivity contribution in [3.05, 3.63) is 42.9 Å². The molecule has 2 heterocycles. The molecule has 114 valence electrons. The number of fused-ring (bicyclic) bond motifs is 1. The van der Waals surface area contributed by atoms with Gasteiger partial charge >= 0.3 is 0 Å². The molecule has 0 aliphatic carbocycles. The molecule has 1 N–H and O–H groups in total. The average Bonchev–Trinajstić information content (AvgIpc) is 3.18. The van der Waals surface area contributed by atoms with E-state index in [1.165, 1.54) is 16.6 Å².